The molecule has 4 heteroatoms. The van der Waals surface area contributed by atoms with Crippen LogP contribution >= 0.6 is 11.6 Å². The normalized spacial score (nSPS) is 14.5. The third-order valence-corrected chi connectivity index (χ3v) is 3.14. The highest BCUT2D eigenvalue weighted by Gasteiger charge is 2.33. The summed E-state index contributed by atoms with van der Waals surface area (Å²) in [5.41, 5.74) is 0.516. The molecule has 0 aliphatic rings. The van der Waals surface area contributed by atoms with Crippen LogP contribution in [-0.2, 0) is 12.6 Å². The third kappa shape index (κ3) is 2.21. The van der Waals surface area contributed by atoms with Gasteiger partial charge in [0.1, 0.15) is 5.60 Å². The summed E-state index contributed by atoms with van der Waals surface area (Å²) in [7, 11) is 1.82. The molecule has 1 atom stereocenters. The topological polar surface area (TPSA) is 38.0 Å². The number of hydrogen-bond donors (Lipinski definition) is 1. The van der Waals surface area contributed by atoms with E-state index in [4.69, 9.17) is 11.6 Å². The second-order valence-corrected chi connectivity index (χ2v) is 4.38. The summed E-state index contributed by atoms with van der Waals surface area (Å²) in [5, 5.41) is 15.0. The minimum Gasteiger partial charge on any atom is -0.379 e. The van der Waals surface area contributed by atoms with Crippen molar-refractivity contribution in [3.63, 3.8) is 0 Å². The quantitative estimate of drug-likeness (QED) is 0.846. The van der Waals surface area contributed by atoms with Crippen LogP contribution in [0.1, 0.15) is 17.7 Å². The number of halogens is 1. The highest BCUT2D eigenvalue weighted by atomic mass is 35.5. The highest BCUT2D eigenvalue weighted by molar-refractivity contribution is 6.17. The minimum atomic E-state index is -1.08. The van der Waals surface area contributed by atoms with Crippen molar-refractivity contribution in [2.75, 3.05) is 5.88 Å². The number of aliphatic hydroxyl groups is 1. The Morgan fingerprint density at radius 3 is 2.53 bits per heavy atom. The van der Waals surface area contributed by atoms with Crippen LogP contribution < -0.4 is 0 Å². The number of nitrogens with zero attached hydrogens (tertiary/aromatic N) is 2. The molecular formula is C13H15ClN2O. The lowest BCUT2D eigenvalue weighted by Gasteiger charge is -2.28. The van der Waals surface area contributed by atoms with Crippen molar-refractivity contribution in [1.29, 1.82) is 0 Å². The van der Waals surface area contributed by atoms with Gasteiger partial charge in [-0.25, -0.2) is 0 Å². The maximum Gasteiger partial charge on any atom is 0.132 e. The molecule has 1 heterocycles. The van der Waals surface area contributed by atoms with Crippen molar-refractivity contribution in [2.24, 2.45) is 7.05 Å². The summed E-state index contributed by atoms with van der Waals surface area (Å²) >= 11 is 5.82. The van der Waals surface area contributed by atoms with Crippen molar-refractivity contribution in [1.82, 2.24) is 9.78 Å². The largest absolute Gasteiger partial charge is 0.379 e. The van der Waals surface area contributed by atoms with Gasteiger partial charge in [-0.2, -0.15) is 5.10 Å². The number of aryl methyl sites for hydroxylation is 1. The van der Waals surface area contributed by atoms with Gasteiger partial charge >= 0.3 is 0 Å². The first-order valence-corrected chi connectivity index (χ1v) is 6.04. The zero-order chi connectivity index (χ0) is 12.3. The monoisotopic (exact) mass is 250 g/mol. The van der Waals surface area contributed by atoms with E-state index in [1.807, 2.05) is 43.4 Å². The van der Waals surface area contributed by atoms with Crippen LogP contribution in [0.2, 0.25) is 0 Å². The lowest BCUT2D eigenvalue weighted by Crippen LogP contribution is -2.30. The molecule has 0 aliphatic carbocycles. The van der Waals surface area contributed by atoms with Crippen LogP contribution in [0.3, 0.4) is 0 Å². The SMILES string of the molecule is Cn1nccc1C(O)(CCCl)c1ccccc1. The zero-order valence-corrected chi connectivity index (χ0v) is 10.4. The predicted molar refractivity (Wildman–Crippen MR) is 68.0 cm³/mol. The molecular weight excluding hydrogens is 236 g/mol. The van der Waals surface area contributed by atoms with Gasteiger partial charge in [-0.15, -0.1) is 11.6 Å². The summed E-state index contributed by atoms with van der Waals surface area (Å²) in [6.07, 6.45) is 2.13. The molecule has 17 heavy (non-hydrogen) atoms. The van der Waals surface area contributed by atoms with Crippen LogP contribution in [0.5, 0.6) is 0 Å². The van der Waals surface area contributed by atoms with Gasteiger partial charge in [0.15, 0.2) is 0 Å². The third-order valence-electron chi connectivity index (χ3n) is 2.95. The first-order chi connectivity index (χ1) is 8.18. The number of rotatable bonds is 4. The van der Waals surface area contributed by atoms with E-state index in [1.54, 1.807) is 10.9 Å². The Labute approximate surface area is 106 Å². The Hall–Kier alpha value is -1.32. The molecule has 0 saturated heterocycles. The fourth-order valence-electron chi connectivity index (χ4n) is 2.05. The molecule has 0 saturated carbocycles. The Morgan fingerprint density at radius 2 is 2.00 bits per heavy atom. The summed E-state index contributed by atoms with van der Waals surface area (Å²) in [6, 6.07) is 11.4. The summed E-state index contributed by atoms with van der Waals surface area (Å²) < 4.78 is 1.68. The van der Waals surface area contributed by atoms with Gasteiger partial charge in [0.2, 0.25) is 0 Å². The first kappa shape index (κ1) is 12.1. The fraction of sp³-hybridized carbons (Fsp3) is 0.308. The standard InChI is InChI=1S/C13H15ClN2O/c1-16-12(7-10-15-16)13(17,8-9-14)11-5-3-2-4-6-11/h2-7,10,17H,8-9H2,1H3. The van der Waals surface area contributed by atoms with Crippen LogP contribution in [0.25, 0.3) is 0 Å². The maximum atomic E-state index is 10.9. The Kier molecular flexibility index (Phi) is 3.50. The van der Waals surface area contributed by atoms with Crippen molar-refractivity contribution < 1.29 is 5.11 Å². The Bertz CT molecular complexity index is 483. The Balaban J connectivity index is 2.50. The van der Waals surface area contributed by atoms with E-state index in [2.05, 4.69) is 5.10 Å². The lowest BCUT2D eigenvalue weighted by molar-refractivity contribution is 0.0686. The van der Waals surface area contributed by atoms with Crippen LogP contribution in [-0.4, -0.2) is 20.8 Å². The number of alkyl halides is 1. The van der Waals surface area contributed by atoms with Gasteiger partial charge in [-0.1, -0.05) is 30.3 Å². The second kappa shape index (κ2) is 4.90. The molecule has 90 valence electrons. The van der Waals surface area contributed by atoms with E-state index in [9.17, 15) is 5.11 Å². The van der Waals surface area contributed by atoms with E-state index in [0.717, 1.165) is 11.3 Å². The van der Waals surface area contributed by atoms with Crippen molar-refractivity contribution >= 4 is 11.6 Å². The second-order valence-electron chi connectivity index (χ2n) is 4.01. The number of hydrogen-bond acceptors (Lipinski definition) is 2. The highest BCUT2D eigenvalue weighted by Crippen LogP contribution is 2.32. The summed E-state index contributed by atoms with van der Waals surface area (Å²) in [5.74, 6) is 0.385. The zero-order valence-electron chi connectivity index (χ0n) is 9.68. The average molecular weight is 251 g/mol. The van der Waals surface area contributed by atoms with Gasteiger partial charge in [-0.05, 0) is 18.1 Å². The van der Waals surface area contributed by atoms with Crippen molar-refractivity contribution in [2.45, 2.75) is 12.0 Å². The van der Waals surface area contributed by atoms with Gasteiger partial charge in [-0.3, -0.25) is 4.68 Å². The molecule has 3 nitrogen and oxygen atoms in total. The molecule has 1 aromatic carbocycles. The fourth-order valence-corrected chi connectivity index (χ4v) is 2.32. The van der Waals surface area contributed by atoms with Gasteiger partial charge in [0.25, 0.3) is 0 Å². The van der Waals surface area contributed by atoms with E-state index in [0.29, 0.717) is 12.3 Å². The molecule has 1 unspecified atom stereocenters. The van der Waals surface area contributed by atoms with Gasteiger partial charge in [0, 0.05) is 19.1 Å². The summed E-state index contributed by atoms with van der Waals surface area (Å²) in [6.45, 7) is 0. The molecule has 0 amide bonds. The molecule has 2 rings (SSSR count). The van der Waals surface area contributed by atoms with Crippen LogP contribution in [0.15, 0.2) is 42.6 Å². The van der Waals surface area contributed by atoms with E-state index in [-0.39, 0.29) is 0 Å². The molecule has 1 N–H and O–H groups in total. The van der Waals surface area contributed by atoms with Crippen molar-refractivity contribution in [3.8, 4) is 0 Å². The number of aromatic nitrogens is 2. The molecule has 2 aromatic rings. The predicted octanol–water partition coefficient (Wildman–Crippen LogP) is 2.28. The number of benzene rings is 1. The molecule has 0 aliphatic heterocycles. The van der Waals surface area contributed by atoms with Crippen LogP contribution in [0, 0.1) is 0 Å². The lowest BCUT2D eigenvalue weighted by atomic mass is 9.88. The Morgan fingerprint density at radius 1 is 1.29 bits per heavy atom. The van der Waals surface area contributed by atoms with Gasteiger partial charge < -0.3 is 5.11 Å². The van der Waals surface area contributed by atoms with Gasteiger partial charge in [0.05, 0.1) is 5.69 Å². The van der Waals surface area contributed by atoms with E-state index in [1.165, 1.54) is 0 Å². The summed E-state index contributed by atoms with van der Waals surface area (Å²) in [4.78, 5) is 0. The van der Waals surface area contributed by atoms with Crippen molar-refractivity contribution in [3.05, 3.63) is 53.9 Å². The maximum absolute atomic E-state index is 10.9. The minimum absolute atomic E-state index is 0.385. The smallest absolute Gasteiger partial charge is 0.132 e. The van der Waals surface area contributed by atoms with Crippen LogP contribution in [0.4, 0.5) is 0 Å². The molecule has 1 aromatic heterocycles. The molecule has 0 spiro atoms. The van der Waals surface area contributed by atoms with E-state index >= 15 is 0 Å². The first-order valence-electron chi connectivity index (χ1n) is 5.51. The molecule has 0 bridgehead atoms. The van der Waals surface area contributed by atoms with E-state index < -0.39 is 5.60 Å². The average Bonchev–Trinajstić information content (AvgIpc) is 2.77. The molecule has 0 fully saturated rings. The molecule has 0 radical (unpaired) electrons.